The average molecular weight is 378 g/mol. The molecule has 0 aromatic heterocycles. The van der Waals surface area contributed by atoms with Gasteiger partial charge >= 0.3 is 6.09 Å². The highest BCUT2D eigenvalue weighted by Crippen LogP contribution is 2.42. The second-order valence-electron chi connectivity index (χ2n) is 8.08. The summed E-state index contributed by atoms with van der Waals surface area (Å²) in [6.45, 7) is 8.91. The summed E-state index contributed by atoms with van der Waals surface area (Å²) in [4.78, 5) is 25.6. The largest absolute Gasteiger partial charge is 0.489 e. The molecule has 0 atom stereocenters. The molecule has 0 unspecified atom stereocenters. The first-order chi connectivity index (χ1) is 12.5. The van der Waals surface area contributed by atoms with Crippen molar-refractivity contribution in [1.82, 2.24) is 5.32 Å². The number of benzene rings is 1. The molecule has 148 valence electrons. The molecule has 1 aromatic rings. The summed E-state index contributed by atoms with van der Waals surface area (Å²) in [5, 5.41) is 2.49. The fourth-order valence-electron chi connectivity index (χ4n) is 2.84. The van der Waals surface area contributed by atoms with Gasteiger partial charge in [-0.3, -0.25) is 4.79 Å². The minimum absolute atomic E-state index is 0.0144. The van der Waals surface area contributed by atoms with E-state index in [1.807, 2.05) is 19.9 Å². The monoisotopic (exact) mass is 378 g/mol. The first-order valence-corrected chi connectivity index (χ1v) is 8.76. The number of likely N-dealkylation sites (N-methyl/N-ethyl adjacent to an activating group) is 1. The van der Waals surface area contributed by atoms with Gasteiger partial charge in [0, 0.05) is 24.9 Å². The van der Waals surface area contributed by atoms with Crippen LogP contribution in [0.25, 0.3) is 0 Å². The zero-order valence-electron chi connectivity index (χ0n) is 16.7. The molecule has 1 aliphatic rings. The van der Waals surface area contributed by atoms with Crippen LogP contribution in [0, 0.1) is 0 Å². The summed E-state index contributed by atoms with van der Waals surface area (Å²) in [5.41, 5.74) is 0.701. The number of nitrogens with zero attached hydrogens (tertiary/aromatic N) is 1. The SMILES string of the molecule is CN1C(=O)C(C)(C)c2cc(OC/C(=C/F)CNC(=O)OC(C)(C)C)ccc21. The number of amides is 2. The Morgan fingerprint density at radius 1 is 1.33 bits per heavy atom. The van der Waals surface area contributed by atoms with Crippen molar-refractivity contribution in [3.8, 4) is 5.75 Å². The van der Waals surface area contributed by atoms with Crippen molar-refractivity contribution in [2.24, 2.45) is 0 Å². The molecular weight excluding hydrogens is 351 g/mol. The smallest absolute Gasteiger partial charge is 0.407 e. The number of nitrogens with one attached hydrogen (secondary N) is 1. The van der Waals surface area contributed by atoms with Gasteiger partial charge in [-0.2, -0.15) is 0 Å². The second-order valence-corrected chi connectivity index (χ2v) is 8.08. The first-order valence-electron chi connectivity index (χ1n) is 8.76. The summed E-state index contributed by atoms with van der Waals surface area (Å²) in [6, 6.07) is 5.35. The van der Waals surface area contributed by atoms with E-state index in [9.17, 15) is 14.0 Å². The highest BCUT2D eigenvalue weighted by molar-refractivity contribution is 6.07. The van der Waals surface area contributed by atoms with E-state index in [-0.39, 0.29) is 24.6 Å². The van der Waals surface area contributed by atoms with Crippen LogP contribution in [0.2, 0.25) is 0 Å². The number of rotatable bonds is 5. The van der Waals surface area contributed by atoms with Gasteiger partial charge in [-0.1, -0.05) is 0 Å². The number of alkyl carbamates (subject to hydrolysis) is 1. The van der Waals surface area contributed by atoms with Gasteiger partial charge in [-0.15, -0.1) is 0 Å². The predicted octanol–water partition coefficient (Wildman–Crippen LogP) is 3.70. The fourth-order valence-corrected chi connectivity index (χ4v) is 2.84. The number of halogens is 1. The molecule has 0 aliphatic carbocycles. The molecule has 2 amide bonds. The van der Waals surface area contributed by atoms with E-state index in [1.54, 1.807) is 44.9 Å². The second kappa shape index (κ2) is 7.58. The summed E-state index contributed by atoms with van der Waals surface area (Å²) < 4.78 is 23.9. The maximum Gasteiger partial charge on any atom is 0.407 e. The Bertz CT molecular complexity index is 766. The van der Waals surface area contributed by atoms with Crippen LogP contribution < -0.4 is 15.0 Å². The van der Waals surface area contributed by atoms with Gasteiger partial charge in [-0.25, -0.2) is 9.18 Å². The Morgan fingerprint density at radius 2 is 2.00 bits per heavy atom. The standard InChI is InChI=1S/C20H27FN2O4/c1-19(2,3)27-18(25)22-11-13(10-21)12-26-14-7-8-16-15(9-14)20(4,5)17(24)23(16)6/h7-10H,11-12H2,1-6H3,(H,22,25)/b13-10+. The van der Waals surface area contributed by atoms with Crippen molar-refractivity contribution in [3.05, 3.63) is 35.7 Å². The van der Waals surface area contributed by atoms with Gasteiger partial charge in [-0.05, 0) is 58.4 Å². The molecule has 0 bridgehead atoms. The van der Waals surface area contributed by atoms with Gasteiger partial charge in [0.2, 0.25) is 5.91 Å². The van der Waals surface area contributed by atoms with Crippen molar-refractivity contribution < 1.29 is 23.5 Å². The fraction of sp³-hybridized carbons (Fsp3) is 0.500. The average Bonchev–Trinajstić information content (AvgIpc) is 2.74. The summed E-state index contributed by atoms with van der Waals surface area (Å²) >= 11 is 0. The molecule has 6 nitrogen and oxygen atoms in total. The molecular formula is C20H27FN2O4. The molecule has 0 saturated carbocycles. The van der Waals surface area contributed by atoms with Gasteiger partial charge in [0.25, 0.3) is 0 Å². The van der Waals surface area contributed by atoms with E-state index in [0.717, 1.165) is 11.3 Å². The molecule has 0 fully saturated rings. The maximum atomic E-state index is 13.1. The van der Waals surface area contributed by atoms with E-state index < -0.39 is 17.1 Å². The lowest BCUT2D eigenvalue weighted by atomic mass is 9.86. The Hall–Kier alpha value is -2.57. The van der Waals surface area contributed by atoms with Crippen LogP contribution in [0.15, 0.2) is 30.1 Å². The van der Waals surface area contributed by atoms with E-state index in [4.69, 9.17) is 9.47 Å². The summed E-state index contributed by atoms with van der Waals surface area (Å²) in [7, 11) is 1.74. The van der Waals surface area contributed by atoms with Crippen molar-refractivity contribution in [1.29, 1.82) is 0 Å². The third kappa shape index (κ3) is 4.78. The van der Waals surface area contributed by atoms with Gasteiger partial charge in [0.05, 0.1) is 11.7 Å². The summed E-state index contributed by atoms with van der Waals surface area (Å²) in [5.74, 6) is 0.544. The lowest BCUT2D eigenvalue weighted by Gasteiger charge is -2.20. The van der Waals surface area contributed by atoms with Crippen LogP contribution in [0.4, 0.5) is 14.9 Å². The van der Waals surface area contributed by atoms with Crippen LogP contribution >= 0.6 is 0 Å². The van der Waals surface area contributed by atoms with Crippen molar-refractivity contribution in [2.45, 2.75) is 45.6 Å². The van der Waals surface area contributed by atoms with Crippen LogP contribution in [-0.4, -0.2) is 37.8 Å². The normalized spacial score (nSPS) is 16.2. The number of carbonyl (C=O) groups is 2. The molecule has 2 rings (SSSR count). The van der Waals surface area contributed by atoms with E-state index in [0.29, 0.717) is 12.1 Å². The number of ether oxygens (including phenoxy) is 2. The molecule has 1 heterocycles. The Labute approximate surface area is 159 Å². The Balaban J connectivity index is 1.97. The van der Waals surface area contributed by atoms with Gasteiger partial charge in [0.1, 0.15) is 18.0 Å². The number of hydrogen-bond acceptors (Lipinski definition) is 4. The number of carbonyl (C=O) groups excluding carboxylic acids is 2. The zero-order valence-corrected chi connectivity index (χ0v) is 16.7. The molecule has 1 aromatic carbocycles. The quantitative estimate of drug-likeness (QED) is 0.848. The minimum atomic E-state index is -0.638. The Kier molecular flexibility index (Phi) is 5.82. The first kappa shape index (κ1) is 20.7. The van der Waals surface area contributed by atoms with E-state index >= 15 is 0 Å². The molecule has 1 N–H and O–H groups in total. The molecule has 7 heteroatoms. The number of hydrogen-bond donors (Lipinski definition) is 1. The van der Waals surface area contributed by atoms with E-state index in [1.165, 1.54) is 0 Å². The molecule has 1 aliphatic heterocycles. The number of anilines is 1. The van der Waals surface area contributed by atoms with Crippen molar-refractivity contribution in [2.75, 3.05) is 25.1 Å². The highest BCUT2D eigenvalue weighted by Gasteiger charge is 2.42. The molecule has 0 radical (unpaired) electrons. The minimum Gasteiger partial charge on any atom is -0.489 e. The van der Waals surface area contributed by atoms with Gasteiger partial charge < -0.3 is 19.7 Å². The van der Waals surface area contributed by atoms with Crippen LogP contribution in [0.1, 0.15) is 40.2 Å². The Morgan fingerprint density at radius 3 is 2.59 bits per heavy atom. The van der Waals surface area contributed by atoms with Crippen LogP contribution in [0.5, 0.6) is 5.75 Å². The predicted molar refractivity (Wildman–Crippen MR) is 102 cm³/mol. The zero-order chi connectivity index (χ0) is 20.4. The lowest BCUT2D eigenvalue weighted by Crippen LogP contribution is -2.34. The lowest BCUT2D eigenvalue weighted by molar-refractivity contribution is -0.121. The third-order valence-corrected chi connectivity index (χ3v) is 4.28. The van der Waals surface area contributed by atoms with Crippen molar-refractivity contribution in [3.63, 3.8) is 0 Å². The summed E-state index contributed by atoms with van der Waals surface area (Å²) in [6.07, 6.45) is -0.214. The highest BCUT2D eigenvalue weighted by atomic mass is 19.1. The third-order valence-electron chi connectivity index (χ3n) is 4.28. The van der Waals surface area contributed by atoms with Crippen LogP contribution in [-0.2, 0) is 14.9 Å². The van der Waals surface area contributed by atoms with Crippen molar-refractivity contribution >= 4 is 17.7 Å². The molecule has 0 saturated heterocycles. The maximum absolute atomic E-state index is 13.1. The van der Waals surface area contributed by atoms with E-state index in [2.05, 4.69) is 5.32 Å². The molecule has 27 heavy (non-hydrogen) atoms. The topological polar surface area (TPSA) is 67.9 Å². The molecule has 0 spiro atoms. The van der Waals surface area contributed by atoms with Crippen LogP contribution in [0.3, 0.4) is 0 Å². The van der Waals surface area contributed by atoms with Gasteiger partial charge in [0.15, 0.2) is 0 Å². The number of fused-ring (bicyclic) bond motifs is 1.